The van der Waals surface area contributed by atoms with Crippen molar-refractivity contribution in [2.75, 3.05) is 11.4 Å². The van der Waals surface area contributed by atoms with Crippen molar-refractivity contribution in [3.05, 3.63) is 217 Å². The number of anilines is 3. The molecule has 0 spiro atoms. The fourth-order valence-corrected chi connectivity index (χ4v) is 8.66. The fraction of sp³-hybridized carbons (Fsp3) is 0.0741. The van der Waals surface area contributed by atoms with Gasteiger partial charge in [-0.1, -0.05) is 135 Å². The molecule has 0 amide bonds. The van der Waals surface area contributed by atoms with E-state index in [0.29, 0.717) is 12.4 Å². The summed E-state index contributed by atoms with van der Waals surface area (Å²) in [7, 11) is 0. The molecule has 8 aromatic rings. The average molecular weight is 777 g/mol. The van der Waals surface area contributed by atoms with E-state index in [9.17, 15) is 0 Å². The van der Waals surface area contributed by atoms with Gasteiger partial charge >= 0.3 is 0 Å². The third-order valence-electron chi connectivity index (χ3n) is 11.6. The minimum absolute atomic E-state index is 0.316. The number of H-pyrrole nitrogens is 1. The van der Waals surface area contributed by atoms with E-state index in [1.165, 1.54) is 38.4 Å². The summed E-state index contributed by atoms with van der Waals surface area (Å²) in [4.78, 5) is 16.2. The first-order valence-corrected chi connectivity index (χ1v) is 20.5. The van der Waals surface area contributed by atoms with Gasteiger partial charge in [-0.25, -0.2) is 9.98 Å². The van der Waals surface area contributed by atoms with Gasteiger partial charge < -0.3 is 19.8 Å². The summed E-state index contributed by atoms with van der Waals surface area (Å²) < 4.78 is 2.35. The van der Waals surface area contributed by atoms with Crippen LogP contribution in [0.25, 0.3) is 49.3 Å². The number of hydrogen-bond acceptors (Lipinski definition) is 4. The largest absolute Gasteiger partial charge is 0.387 e. The summed E-state index contributed by atoms with van der Waals surface area (Å²) >= 11 is 0. The van der Waals surface area contributed by atoms with E-state index in [-0.39, 0.29) is 5.41 Å². The third-order valence-corrected chi connectivity index (χ3v) is 11.6. The van der Waals surface area contributed by atoms with E-state index in [2.05, 4.69) is 161 Å². The van der Waals surface area contributed by atoms with Crippen molar-refractivity contribution in [3.8, 4) is 0 Å². The Hall–Kier alpha value is -7.70. The second-order valence-electron chi connectivity index (χ2n) is 15.6. The van der Waals surface area contributed by atoms with E-state index < -0.39 is 0 Å². The van der Waals surface area contributed by atoms with Crippen LogP contribution in [-0.4, -0.2) is 28.1 Å². The maximum absolute atomic E-state index is 5.13. The topological polar surface area (TPSA) is 60.7 Å². The molecule has 2 aromatic heterocycles. The lowest BCUT2D eigenvalue weighted by molar-refractivity contribution is 0.634. The van der Waals surface area contributed by atoms with Crippen LogP contribution < -0.4 is 10.2 Å². The van der Waals surface area contributed by atoms with Crippen molar-refractivity contribution in [1.29, 1.82) is 0 Å². The average Bonchev–Trinajstić information content (AvgIpc) is 3.81. The summed E-state index contributed by atoms with van der Waals surface area (Å²) in [6.45, 7) is 5.43. The van der Waals surface area contributed by atoms with Crippen molar-refractivity contribution in [2.24, 2.45) is 9.98 Å². The molecule has 0 radical (unpaired) electrons. The van der Waals surface area contributed by atoms with Crippen LogP contribution in [0.3, 0.4) is 0 Å². The Morgan fingerprint density at radius 2 is 1.30 bits per heavy atom. The van der Waals surface area contributed by atoms with Gasteiger partial charge in [0.25, 0.3) is 0 Å². The molecule has 0 fully saturated rings. The predicted octanol–water partition coefficient (Wildman–Crippen LogP) is 13.2. The summed E-state index contributed by atoms with van der Waals surface area (Å²) in [5.74, 6) is 0.617. The molecule has 0 bridgehead atoms. The molecular weight excluding hydrogens is 733 g/mol. The maximum atomic E-state index is 5.13. The number of hydrogen-bond donors (Lipinski definition) is 2. The van der Waals surface area contributed by atoms with Crippen LogP contribution in [-0.2, 0) is 5.41 Å². The van der Waals surface area contributed by atoms with Gasteiger partial charge in [-0.2, -0.15) is 0 Å². The van der Waals surface area contributed by atoms with Crippen molar-refractivity contribution in [1.82, 2.24) is 14.9 Å². The number of rotatable bonds is 3. The van der Waals surface area contributed by atoms with E-state index in [4.69, 9.17) is 9.98 Å². The highest BCUT2D eigenvalue weighted by molar-refractivity contribution is 6.14. The van der Waals surface area contributed by atoms with Crippen molar-refractivity contribution in [3.63, 3.8) is 0 Å². The Morgan fingerprint density at radius 1 is 0.583 bits per heavy atom. The lowest BCUT2D eigenvalue weighted by atomic mass is 9.72. The number of fused-ring (bicyclic) bond motifs is 8. The molecule has 290 valence electrons. The van der Waals surface area contributed by atoms with Gasteiger partial charge in [0.05, 0.1) is 34.3 Å². The minimum Gasteiger partial charge on any atom is -0.387 e. The number of benzene rings is 6. The fourth-order valence-electron chi connectivity index (χ4n) is 8.66. The zero-order valence-electron chi connectivity index (χ0n) is 33.6. The van der Waals surface area contributed by atoms with Crippen LogP contribution in [0.2, 0.25) is 0 Å². The van der Waals surface area contributed by atoms with Gasteiger partial charge in [0.1, 0.15) is 0 Å². The monoisotopic (exact) mass is 776 g/mol. The first kappa shape index (κ1) is 36.6. The van der Waals surface area contributed by atoms with Crippen LogP contribution >= 0.6 is 0 Å². The van der Waals surface area contributed by atoms with Gasteiger partial charge in [-0.15, -0.1) is 0 Å². The van der Waals surface area contributed by atoms with E-state index in [1.54, 1.807) is 6.21 Å². The number of aromatic nitrogens is 2. The Kier molecular flexibility index (Phi) is 9.51. The number of nitrogens with zero attached hydrogens (tertiary/aromatic N) is 4. The summed E-state index contributed by atoms with van der Waals surface area (Å²) in [5.41, 5.74) is 12.0. The number of para-hydroxylation sites is 3. The highest BCUT2D eigenvalue weighted by atomic mass is 15.2. The van der Waals surface area contributed by atoms with Gasteiger partial charge in [0.15, 0.2) is 5.84 Å². The molecule has 0 aliphatic carbocycles. The zero-order chi connectivity index (χ0) is 40.5. The molecule has 6 heteroatoms. The molecule has 2 aliphatic heterocycles. The lowest BCUT2D eigenvalue weighted by Gasteiger charge is -2.42. The Morgan fingerprint density at radius 3 is 2.17 bits per heavy atom. The number of nitrogens with one attached hydrogen (secondary N) is 2. The van der Waals surface area contributed by atoms with Crippen molar-refractivity contribution >= 4 is 78.4 Å². The number of amidine groups is 1. The second kappa shape index (κ2) is 15.6. The van der Waals surface area contributed by atoms with Crippen molar-refractivity contribution < 1.29 is 0 Å². The molecule has 0 saturated heterocycles. The van der Waals surface area contributed by atoms with Crippen LogP contribution in [0.5, 0.6) is 0 Å². The first-order valence-electron chi connectivity index (χ1n) is 20.5. The third kappa shape index (κ3) is 6.58. The molecule has 2 aliphatic rings. The van der Waals surface area contributed by atoms with Crippen molar-refractivity contribution in [2.45, 2.75) is 19.3 Å². The predicted molar refractivity (Wildman–Crippen MR) is 255 cm³/mol. The highest BCUT2D eigenvalue weighted by Gasteiger charge is 2.38. The molecule has 0 atom stereocenters. The zero-order valence-corrected chi connectivity index (χ0v) is 33.6. The van der Waals surface area contributed by atoms with Gasteiger partial charge in [0, 0.05) is 62.0 Å². The summed E-state index contributed by atoms with van der Waals surface area (Å²) in [6.07, 6.45) is 23.9. The Bertz CT molecular complexity index is 3160. The standard InChI is InChI=1S/C54H44N6/c1-54(2)45-33-44-42-27-15-17-29-49(42)60(40-25-13-8-19-31-55-30-18-4-3-5-20-32-56-53(57-37-40)38-21-9-6-10-22-38)50(44)36-52(45)59(39-23-11-7-12-24-39)51-34-43-41-26-14-16-28-47(41)58-48(43)35-46(51)54/h3-30,32-37,55,58H,31H2,1-2H3/b4-3-,19-8+,20-5+,25-13?,30-18-,40-37?,56-32?,57-53?. The van der Waals surface area contributed by atoms with E-state index in [1.807, 2.05) is 73.1 Å². The lowest BCUT2D eigenvalue weighted by Crippen LogP contribution is -2.30. The molecular formula is C54H44N6. The van der Waals surface area contributed by atoms with Crippen LogP contribution in [0.15, 0.2) is 211 Å². The number of allylic oxidation sites excluding steroid dienone is 9. The van der Waals surface area contributed by atoms with Crippen LogP contribution in [0, 0.1) is 0 Å². The van der Waals surface area contributed by atoms with Gasteiger partial charge in [-0.3, -0.25) is 0 Å². The molecule has 4 heterocycles. The number of aromatic amines is 1. The molecule has 6 aromatic carbocycles. The second-order valence-corrected chi connectivity index (χ2v) is 15.6. The maximum Gasteiger partial charge on any atom is 0.159 e. The molecule has 0 unspecified atom stereocenters. The first-order chi connectivity index (χ1) is 29.6. The highest BCUT2D eigenvalue weighted by Crippen LogP contribution is 2.55. The Balaban J connectivity index is 1.23. The normalized spacial score (nSPS) is 17.6. The van der Waals surface area contributed by atoms with Crippen LogP contribution in [0.4, 0.5) is 17.1 Å². The molecule has 2 N–H and O–H groups in total. The molecule has 6 nitrogen and oxygen atoms in total. The molecule has 60 heavy (non-hydrogen) atoms. The minimum atomic E-state index is -0.316. The molecule has 0 saturated carbocycles. The summed E-state index contributed by atoms with van der Waals surface area (Å²) in [6, 6.07) is 47.8. The smallest absolute Gasteiger partial charge is 0.159 e. The van der Waals surface area contributed by atoms with E-state index >= 15 is 0 Å². The quantitative estimate of drug-likeness (QED) is 0.188. The SMILES string of the molecule is CC1(C)c2cc3[nH]c4ccccc4c3cc2N(c2ccccc2)c2cc3c(cc21)c1ccccc1n3C1=CN=C(c2ccccc2)N=C/C=C/C=C\C=C/NC/C=C/C=C1. The van der Waals surface area contributed by atoms with Gasteiger partial charge in [0.2, 0.25) is 0 Å². The molecule has 10 rings (SSSR count). The van der Waals surface area contributed by atoms with Crippen LogP contribution in [0.1, 0.15) is 30.5 Å². The number of aliphatic imine (C=N–C) groups is 2. The Labute approximate surface area is 349 Å². The van der Waals surface area contributed by atoms with Gasteiger partial charge in [-0.05, 0) is 84.1 Å². The van der Waals surface area contributed by atoms with E-state index in [0.717, 1.165) is 44.7 Å². The summed E-state index contributed by atoms with van der Waals surface area (Å²) in [5, 5.41) is 8.13.